The summed E-state index contributed by atoms with van der Waals surface area (Å²) in [5, 5.41) is 9.73. The number of hydrogen-bond donors (Lipinski definition) is 0. The Hall–Kier alpha value is -7.42. The maximum atomic E-state index is 4.98. The Morgan fingerprint density at radius 1 is 0.439 bits per heavy atom. The minimum Gasteiger partial charge on any atom is -0.311 e. The van der Waals surface area contributed by atoms with Crippen molar-refractivity contribution < 1.29 is 0 Å². The summed E-state index contributed by atoms with van der Waals surface area (Å²) in [5.41, 5.74) is 14.8. The first-order chi connectivity index (χ1) is 28.3. The lowest BCUT2D eigenvalue weighted by molar-refractivity contribution is 0.670. The SMILES string of the molecule is c1ccc(Cn2nnc3c(-c4ccc(N(c5ccccc5)c5ccccc5)cc4)c4[n-][s+]nc4c(-c4ccc(N(c5ccccc5)c5ccccc5)cc4)c32)cc1. The van der Waals surface area contributed by atoms with Gasteiger partial charge in [0.05, 0.1) is 12.1 Å². The zero-order valence-electron chi connectivity index (χ0n) is 30.8. The second-order valence-corrected chi connectivity index (χ2v) is 14.3. The number of aromatic nitrogens is 5. The molecule has 57 heavy (non-hydrogen) atoms. The smallest absolute Gasteiger partial charge is 0.279 e. The fourth-order valence-corrected chi connectivity index (χ4v) is 8.20. The van der Waals surface area contributed by atoms with E-state index >= 15 is 0 Å². The Labute approximate surface area is 334 Å². The molecule has 0 aliphatic rings. The summed E-state index contributed by atoms with van der Waals surface area (Å²) in [6, 6.07) is 69.5. The molecule has 7 nitrogen and oxygen atoms in total. The second kappa shape index (κ2) is 15.0. The van der Waals surface area contributed by atoms with Gasteiger partial charge >= 0.3 is 0 Å². The third-order valence-corrected chi connectivity index (χ3v) is 10.8. The first-order valence-electron chi connectivity index (χ1n) is 18.9. The van der Waals surface area contributed by atoms with Crippen LogP contribution in [0.25, 0.3) is 44.3 Å². The van der Waals surface area contributed by atoms with Crippen molar-refractivity contribution in [3.8, 4) is 22.3 Å². The monoisotopic (exact) mass is 753 g/mol. The van der Waals surface area contributed by atoms with Gasteiger partial charge in [0.15, 0.2) is 0 Å². The quantitative estimate of drug-likeness (QED) is 0.130. The van der Waals surface area contributed by atoms with E-state index in [0.717, 1.165) is 84.0 Å². The highest BCUT2D eigenvalue weighted by atomic mass is 32.1. The van der Waals surface area contributed by atoms with E-state index in [0.29, 0.717) is 6.54 Å². The molecule has 0 N–H and O–H groups in total. The average molecular weight is 754 g/mol. The van der Waals surface area contributed by atoms with Crippen molar-refractivity contribution in [1.29, 1.82) is 0 Å². The maximum absolute atomic E-state index is 4.98. The van der Waals surface area contributed by atoms with Gasteiger partial charge in [-0.05, 0) is 89.5 Å². The maximum Gasteiger partial charge on any atom is 0.279 e. The van der Waals surface area contributed by atoms with E-state index in [1.807, 2.05) is 35.0 Å². The van der Waals surface area contributed by atoms with Gasteiger partial charge in [-0.15, -0.1) is 5.10 Å². The molecule has 10 rings (SSSR count). The predicted octanol–water partition coefficient (Wildman–Crippen LogP) is 12.6. The molecule has 10 aromatic rings. The van der Waals surface area contributed by atoms with E-state index in [4.69, 9.17) is 19.1 Å². The molecule has 0 spiro atoms. The molecular formula is C49H35N7S. The minimum absolute atomic E-state index is 0.558. The van der Waals surface area contributed by atoms with Crippen molar-refractivity contribution in [1.82, 2.24) is 23.7 Å². The second-order valence-electron chi connectivity index (χ2n) is 13.7. The molecule has 0 atom stereocenters. The van der Waals surface area contributed by atoms with E-state index < -0.39 is 0 Å². The fraction of sp³-hybridized carbons (Fsp3) is 0.0204. The van der Waals surface area contributed by atoms with Crippen LogP contribution >= 0.6 is 11.7 Å². The summed E-state index contributed by atoms with van der Waals surface area (Å²) in [6.45, 7) is 0.558. The molecule has 272 valence electrons. The Balaban J connectivity index is 1.12. The molecule has 2 heterocycles. The number of nitrogens with zero attached hydrogens (tertiary/aromatic N) is 7. The number of anilines is 6. The normalized spacial score (nSPS) is 11.2. The number of benzene rings is 8. The highest BCUT2D eigenvalue weighted by molar-refractivity contribution is 7.00. The molecule has 8 heteroatoms. The Kier molecular flexibility index (Phi) is 8.98. The van der Waals surface area contributed by atoms with Crippen LogP contribution in [-0.2, 0) is 6.54 Å². The van der Waals surface area contributed by atoms with Gasteiger partial charge in [-0.25, -0.2) is 4.68 Å². The van der Waals surface area contributed by atoms with Gasteiger partial charge in [0.25, 0.3) is 11.7 Å². The van der Waals surface area contributed by atoms with E-state index in [9.17, 15) is 0 Å². The first kappa shape index (κ1) is 34.1. The lowest BCUT2D eigenvalue weighted by Crippen LogP contribution is -2.09. The van der Waals surface area contributed by atoms with Gasteiger partial charge in [-0.2, -0.15) is 8.75 Å². The van der Waals surface area contributed by atoms with Gasteiger partial charge < -0.3 is 9.80 Å². The molecule has 2 aromatic heterocycles. The van der Waals surface area contributed by atoms with Crippen molar-refractivity contribution in [3.05, 3.63) is 206 Å². The molecule has 0 saturated heterocycles. The molecule has 8 aromatic carbocycles. The molecule has 0 radical (unpaired) electrons. The first-order valence-corrected chi connectivity index (χ1v) is 19.6. The molecule has 0 aliphatic heterocycles. The van der Waals surface area contributed by atoms with Crippen LogP contribution in [0.1, 0.15) is 5.56 Å². The summed E-state index contributed by atoms with van der Waals surface area (Å²) in [7, 11) is 0. The zero-order valence-corrected chi connectivity index (χ0v) is 31.6. The van der Waals surface area contributed by atoms with Crippen LogP contribution in [0.2, 0.25) is 0 Å². The van der Waals surface area contributed by atoms with Crippen LogP contribution in [-0.4, -0.2) is 19.4 Å². The van der Waals surface area contributed by atoms with E-state index in [-0.39, 0.29) is 0 Å². The van der Waals surface area contributed by atoms with Crippen LogP contribution in [0, 0.1) is 0 Å². The fourth-order valence-electron chi connectivity index (χ4n) is 7.64. The molecule has 0 aliphatic carbocycles. The Bertz CT molecular complexity index is 2820. The topological polar surface area (TPSA) is 64.2 Å². The standard InChI is InChI=1S/C49H35N7S/c1-6-16-35(17-7-1)34-54-49-45(37-28-32-43(33-29-37)56(40-22-12-4-13-23-40)41-24-14-5-15-25-41)47-46(51-57-52-47)44(48(49)50-53-54)36-26-30-42(31-27-36)55(38-18-8-2-9-19-38)39-20-10-3-11-21-39/h1-33H,34H2. The highest BCUT2D eigenvalue weighted by Crippen LogP contribution is 2.44. The Morgan fingerprint density at radius 3 is 1.30 bits per heavy atom. The molecule has 0 unspecified atom stereocenters. The average Bonchev–Trinajstić information content (AvgIpc) is 3.93. The van der Waals surface area contributed by atoms with Crippen LogP contribution in [0.15, 0.2) is 200 Å². The van der Waals surface area contributed by atoms with Crippen LogP contribution in [0.3, 0.4) is 0 Å². The van der Waals surface area contributed by atoms with Crippen LogP contribution in [0.4, 0.5) is 34.1 Å². The van der Waals surface area contributed by atoms with Gasteiger partial charge in [0, 0.05) is 56.3 Å². The summed E-state index contributed by atoms with van der Waals surface area (Å²) in [5.74, 6) is 0. The van der Waals surface area contributed by atoms with E-state index in [1.165, 1.54) is 11.7 Å². The summed E-state index contributed by atoms with van der Waals surface area (Å²) in [6.07, 6.45) is 0. The Morgan fingerprint density at radius 2 is 0.842 bits per heavy atom. The largest absolute Gasteiger partial charge is 0.311 e. The summed E-state index contributed by atoms with van der Waals surface area (Å²) >= 11 is 1.23. The van der Waals surface area contributed by atoms with Crippen molar-refractivity contribution in [2.75, 3.05) is 9.80 Å². The van der Waals surface area contributed by atoms with E-state index in [2.05, 4.69) is 180 Å². The van der Waals surface area contributed by atoms with Gasteiger partial charge in [0.2, 0.25) is 0 Å². The summed E-state index contributed by atoms with van der Waals surface area (Å²) in [4.78, 5) is 4.53. The number of para-hydroxylation sites is 4. The van der Waals surface area contributed by atoms with E-state index in [1.54, 1.807) is 0 Å². The van der Waals surface area contributed by atoms with Crippen LogP contribution < -0.4 is 14.2 Å². The third-order valence-electron chi connectivity index (χ3n) is 10.2. The number of fused-ring (bicyclic) bond motifs is 2. The third kappa shape index (κ3) is 6.48. The van der Waals surface area contributed by atoms with Gasteiger partial charge in [-0.1, -0.05) is 133 Å². The molecule has 0 saturated carbocycles. The van der Waals surface area contributed by atoms with Crippen molar-refractivity contribution in [2.45, 2.75) is 6.54 Å². The molecule has 0 bridgehead atoms. The molecule has 0 amide bonds. The number of rotatable bonds is 10. The summed E-state index contributed by atoms with van der Waals surface area (Å²) < 4.78 is 11.9. The zero-order chi connectivity index (χ0) is 38.0. The van der Waals surface area contributed by atoms with Gasteiger partial charge in [-0.3, -0.25) is 0 Å². The van der Waals surface area contributed by atoms with Crippen molar-refractivity contribution in [2.24, 2.45) is 0 Å². The number of hydrogen-bond acceptors (Lipinski definition) is 5. The van der Waals surface area contributed by atoms with Crippen LogP contribution in [0.5, 0.6) is 0 Å². The molecule has 0 fully saturated rings. The predicted molar refractivity (Wildman–Crippen MR) is 234 cm³/mol. The minimum atomic E-state index is 0.558. The van der Waals surface area contributed by atoms with Gasteiger partial charge in [0.1, 0.15) is 5.52 Å². The van der Waals surface area contributed by atoms with Crippen molar-refractivity contribution >= 4 is 67.9 Å². The lowest BCUT2D eigenvalue weighted by atomic mass is 9.94. The van der Waals surface area contributed by atoms with Crippen molar-refractivity contribution in [3.63, 3.8) is 0 Å². The molecular weight excluding hydrogens is 719 g/mol. The lowest BCUT2D eigenvalue weighted by Gasteiger charge is -2.26. The highest BCUT2D eigenvalue weighted by Gasteiger charge is 2.24.